The third-order valence-corrected chi connectivity index (χ3v) is 5.28. The Morgan fingerprint density at radius 3 is 2.52 bits per heavy atom. The summed E-state index contributed by atoms with van der Waals surface area (Å²) in [6, 6.07) is 19.0. The first-order valence-corrected chi connectivity index (χ1v) is 9.29. The topological polar surface area (TPSA) is 70.7 Å². The number of carbonyl (C=O) groups is 2. The molecule has 2 heterocycles. The molecule has 2 amide bonds. The molecule has 6 nitrogen and oxygen atoms in total. The number of amides is 2. The molecule has 0 radical (unpaired) electrons. The number of carbonyl (C=O) groups excluding carboxylic acids is 2. The van der Waals surface area contributed by atoms with Gasteiger partial charge in [-0.15, -0.1) is 0 Å². The number of anilines is 1. The first-order chi connectivity index (χ1) is 13.2. The van der Waals surface area contributed by atoms with Gasteiger partial charge >= 0.3 is 6.09 Å². The Labute approximate surface area is 158 Å². The van der Waals surface area contributed by atoms with Crippen LogP contribution in [-0.2, 0) is 16.1 Å². The molecule has 0 aromatic heterocycles. The van der Waals surface area contributed by atoms with Gasteiger partial charge in [-0.1, -0.05) is 48.5 Å². The average molecular weight is 365 g/mol. The number of hydrogen-bond acceptors (Lipinski definition) is 4. The lowest BCUT2D eigenvalue weighted by molar-refractivity contribution is -0.119. The zero-order chi connectivity index (χ0) is 18.6. The van der Waals surface area contributed by atoms with Gasteiger partial charge in [-0.2, -0.15) is 0 Å². The predicted octanol–water partition coefficient (Wildman–Crippen LogP) is 2.62. The van der Waals surface area contributed by atoms with E-state index < -0.39 is 0 Å². The van der Waals surface area contributed by atoms with E-state index in [1.165, 1.54) is 0 Å². The molecule has 0 spiro atoms. The molecule has 2 saturated heterocycles. The van der Waals surface area contributed by atoms with Crippen LogP contribution in [0.4, 0.5) is 10.5 Å². The number of ether oxygens (including phenoxy) is 1. The number of likely N-dealkylation sites (tertiary alicyclic amines) is 1. The highest BCUT2D eigenvalue weighted by Gasteiger charge is 2.49. The van der Waals surface area contributed by atoms with E-state index in [-0.39, 0.29) is 36.6 Å². The minimum absolute atomic E-state index is 0.000188. The van der Waals surface area contributed by atoms with Crippen LogP contribution in [-0.4, -0.2) is 42.1 Å². The monoisotopic (exact) mass is 365 g/mol. The van der Waals surface area contributed by atoms with Crippen LogP contribution in [0.15, 0.2) is 60.7 Å². The normalized spacial score (nSPS) is 23.7. The van der Waals surface area contributed by atoms with Gasteiger partial charge in [-0.05, 0) is 30.7 Å². The summed E-state index contributed by atoms with van der Waals surface area (Å²) in [6.07, 6.45) is 0.479. The minimum Gasteiger partial charge on any atom is -0.445 e. The molecule has 0 aliphatic carbocycles. The van der Waals surface area contributed by atoms with Crippen LogP contribution in [0.2, 0.25) is 0 Å². The Morgan fingerprint density at radius 1 is 1.07 bits per heavy atom. The van der Waals surface area contributed by atoms with Gasteiger partial charge in [0, 0.05) is 18.3 Å². The molecule has 1 unspecified atom stereocenters. The lowest BCUT2D eigenvalue weighted by Gasteiger charge is -2.22. The average Bonchev–Trinajstić information content (AvgIpc) is 3.30. The Bertz CT molecular complexity index is 797. The molecule has 140 valence electrons. The van der Waals surface area contributed by atoms with Crippen LogP contribution in [0.5, 0.6) is 0 Å². The number of nitrogens with zero attached hydrogens (tertiary/aromatic N) is 1. The molecule has 2 N–H and O–H groups in total. The summed E-state index contributed by atoms with van der Waals surface area (Å²) >= 11 is 0. The fraction of sp³-hybridized carbons (Fsp3) is 0.333. The van der Waals surface area contributed by atoms with E-state index in [2.05, 4.69) is 10.6 Å². The summed E-state index contributed by atoms with van der Waals surface area (Å²) in [5.41, 5.74) is 1.71. The van der Waals surface area contributed by atoms with Crippen molar-refractivity contribution in [1.82, 2.24) is 10.2 Å². The number of fused-ring (bicyclic) bond motifs is 1. The van der Waals surface area contributed by atoms with E-state index in [1.807, 2.05) is 60.7 Å². The summed E-state index contributed by atoms with van der Waals surface area (Å²) in [5.74, 6) is -0.356. The molecule has 27 heavy (non-hydrogen) atoms. The van der Waals surface area contributed by atoms with Gasteiger partial charge in [0.1, 0.15) is 6.61 Å². The highest BCUT2D eigenvalue weighted by molar-refractivity contribution is 5.94. The van der Waals surface area contributed by atoms with Gasteiger partial charge in [0.15, 0.2) is 0 Å². The second-order valence-corrected chi connectivity index (χ2v) is 6.99. The van der Waals surface area contributed by atoms with E-state index in [4.69, 9.17) is 4.74 Å². The number of nitrogens with one attached hydrogen (secondary N) is 2. The molecule has 3 atom stereocenters. The highest BCUT2D eigenvalue weighted by atomic mass is 16.6. The van der Waals surface area contributed by atoms with Crippen LogP contribution in [0.25, 0.3) is 0 Å². The summed E-state index contributed by atoms with van der Waals surface area (Å²) in [6.45, 7) is 1.41. The van der Waals surface area contributed by atoms with Crippen LogP contribution in [0.1, 0.15) is 12.0 Å². The maximum Gasteiger partial charge on any atom is 0.410 e. The fourth-order valence-electron chi connectivity index (χ4n) is 3.95. The second-order valence-electron chi connectivity index (χ2n) is 6.99. The first kappa shape index (κ1) is 17.5. The molecule has 6 heteroatoms. The first-order valence-electron chi connectivity index (χ1n) is 9.29. The predicted molar refractivity (Wildman–Crippen MR) is 102 cm³/mol. The van der Waals surface area contributed by atoms with E-state index >= 15 is 0 Å². The van der Waals surface area contributed by atoms with E-state index in [0.29, 0.717) is 6.54 Å². The third kappa shape index (κ3) is 3.80. The van der Waals surface area contributed by atoms with Crippen molar-refractivity contribution in [2.45, 2.75) is 25.1 Å². The van der Waals surface area contributed by atoms with Gasteiger partial charge < -0.3 is 20.3 Å². The maximum absolute atomic E-state index is 12.8. The van der Waals surface area contributed by atoms with Gasteiger partial charge in [0.05, 0.1) is 12.0 Å². The lowest BCUT2D eigenvalue weighted by atomic mass is 9.99. The van der Waals surface area contributed by atoms with E-state index in [9.17, 15) is 9.59 Å². The Balaban J connectivity index is 1.41. The van der Waals surface area contributed by atoms with Gasteiger partial charge in [0.2, 0.25) is 5.91 Å². The van der Waals surface area contributed by atoms with E-state index in [1.54, 1.807) is 4.90 Å². The molecule has 2 fully saturated rings. The largest absolute Gasteiger partial charge is 0.445 e. The minimum atomic E-state index is -0.354. The van der Waals surface area contributed by atoms with Gasteiger partial charge in [-0.25, -0.2) is 4.79 Å². The van der Waals surface area contributed by atoms with Crippen molar-refractivity contribution < 1.29 is 14.3 Å². The Hall–Kier alpha value is -2.86. The molecule has 0 bridgehead atoms. The van der Waals surface area contributed by atoms with Crippen molar-refractivity contribution >= 4 is 17.7 Å². The fourth-order valence-corrected chi connectivity index (χ4v) is 3.95. The quantitative estimate of drug-likeness (QED) is 0.874. The molecule has 0 saturated carbocycles. The van der Waals surface area contributed by atoms with Crippen molar-refractivity contribution in [2.24, 2.45) is 5.92 Å². The maximum atomic E-state index is 12.8. The van der Waals surface area contributed by atoms with Gasteiger partial charge in [-0.3, -0.25) is 4.79 Å². The van der Waals surface area contributed by atoms with Crippen molar-refractivity contribution in [3.05, 3.63) is 66.2 Å². The van der Waals surface area contributed by atoms with Crippen molar-refractivity contribution in [2.75, 3.05) is 18.4 Å². The number of hydrogen-bond donors (Lipinski definition) is 2. The summed E-state index contributed by atoms with van der Waals surface area (Å²) in [5, 5.41) is 6.34. The molecule has 2 aliphatic heterocycles. The summed E-state index contributed by atoms with van der Waals surface area (Å²) in [4.78, 5) is 27.1. The molecular weight excluding hydrogens is 342 g/mol. The van der Waals surface area contributed by atoms with Crippen LogP contribution in [0, 0.1) is 5.92 Å². The SMILES string of the molecule is O=C(Nc1ccccc1)[C@H]1CN(C(=O)OCc2ccccc2)[C@@H]2CCNC12. The Morgan fingerprint density at radius 2 is 1.78 bits per heavy atom. The summed E-state index contributed by atoms with van der Waals surface area (Å²) in [7, 11) is 0. The standard InChI is InChI=1S/C21H23N3O3/c25-20(23-16-9-5-2-6-10-16)17-13-24(18-11-12-22-19(17)18)21(26)27-14-15-7-3-1-4-8-15/h1-10,17-19,22H,11-14H2,(H,23,25)/t17-,18+,19?/m0/s1. The van der Waals surface area contributed by atoms with Crippen LogP contribution < -0.4 is 10.6 Å². The number of benzene rings is 2. The van der Waals surface area contributed by atoms with Crippen molar-refractivity contribution in [3.8, 4) is 0 Å². The number of rotatable bonds is 4. The number of para-hydroxylation sites is 1. The zero-order valence-electron chi connectivity index (χ0n) is 15.0. The van der Waals surface area contributed by atoms with Crippen molar-refractivity contribution in [1.29, 1.82) is 0 Å². The molecule has 4 rings (SSSR count). The van der Waals surface area contributed by atoms with Gasteiger partial charge in [0.25, 0.3) is 0 Å². The summed E-state index contributed by atoms with van der Waals surface area (Å²) < 4.78 is 5.49. The van der Waals surface area contributed by atoms with Crippen molar-refractivity contribution in [3.63, 3.8) is 0 Å². The van der Waals surface area contributed by atoms with E-state index in [0.717, 1.165) is 24.2 Å². The molecule has 2 aromatic rings. The molecule has 2 aliphatic rings. The third-order valence-electron chi connectivity index (χ3n) is 5.28. The lowest BCUT2D eigenvalue weighted by Crippen LogP contribution is -2.40. The van der Waals surface area contributed by atoms with Crippen LogP contribution in [0.3, 0.4) is 0 Å². The smallest absolute Gasteiger partial charge is 0.410 e. The molecular formula is C21H23N3O3. The highest BCUT2D eigenvalue weighted by Crippen LogP contribution is 2.31. The Kier molecular flexibility index (Phi) is 5.07. The van der Waals surface area contributed by atoms with Crippen LogP contribution >= 0.6 is 0 Å². The zero-order valence-corrected chi connectivity index (χ0v) is 15.0. The molecule has 2 aromatic carbocycles. The second kappa shape index (κ2) is 7.80.